The lowest BCUT2D eigenvalue weighted by Crippen LogP contribution is -2.19. The first-order valence-corrected chi connectivity index (χ1v) is 9.00. The fraction of sp³-hybridized carbons (Fsp3) is 0.0588. The van der Waals surface area contributed by atoms with Crippen LogP contribution in [0.3, 0.4) is 0 Å². The van der Waals surface area contributed by atoms with Crippen molar-refractivity contribution in [3.8, 4) is 5.75 Å². The number of benzene rings is 2. The van der Waals surface area contributed by atoms with Gasteiger partial charge in [0.25, 0.3) is 5.91 Å². The molecular weight excluding hydrogens is 403 g/mol. The number of nitrogens with zero attached hydrogens (tertiary/aromatic N) is 1. The van der Waals surface area contributed by atoms with E-state index in [0.29, 0.717) is 42.1 Å². The number of carbonyl (C=O) groups excluding carboxylic acids is 1. The number of nitrogens with one attached hydrogen (secondary N) is 1. The first-order valence-electron chi connectivity index (χ1n) is 7.05. The Morgan fingerprint density at radius 3 is 2.76 bits per heavy atom. The maximum Gasteiger partial charge on any atom is 0.264 e. The molecule has 3 rings (SSSR count). The lowest BCUT2D eigenvalue weighted by molar-refractivity contribution is -0.115. The van der Waals surface area contributed by atoms with Crippen LogP contribution in [0.5, 0.6) is 5.75 Å². The Labute approximate surface area is 163 Å². The number of amides is 1. The largest absolute Gasteiger partial charge is 0.494 e. The van der Waals surface area contributed by atoms with Gasteiger partial charge < -0.3 is 10.1 Å². The maximum absolute atomic E-state index is 12.2. The number of hydrogen-bond donors (Lipinski definition) is 1. The molecule has 0 saturated carbocycles. The molecule has 2 aromatic rings. The summed E-state index contributed by atoms with van der Waals surface area (Å²) in [6, 6.07) is 10.3. The third-order valence-corrected chi connectivity index (χ3v) is 5.26. The molecule has 0 unspecified atom stereocenters. The van der Waals surface area contributed by atoms with Gasteiger partial charge in [0.1, 0.15) is 11.4 Å². The Hall–Kier alpha value is -1.66. The molecule has 1 amide bonds. The van der Waals surface area contributed by atoms with E-state index in [1.54, 1.807) is 49.6 Å². The highest BCUT2D eigenvalue weighted by molar-refractivity contribution is 8.18. The van der Waals surface area contributed by atoms with Crippen molar-refractivity contribution < 1.29 is 9.53 Å². The number of rotatable bonds is 3. The minimum atomic E-state index is -0.263. The summed E-state index contributed by atoms with van der Waals surface area (Å²) >= 11 is 19.4. The number of methoxy groups -OCH3 is 1. The van der Waals surface area contributed by atoms with Crippen molar-refractivity contribution in [1.82, 2.24) is 5.32 Å². The molecule has 0 spiro atoms. The Morgan fingerprint density at radius 2 is 2.00 bits per heavy atom. The molecule has 1 fully saturated rings. The van der Waals surface area contributed by atoms with Crippen molar-refractivity contribution >= 4 is 69.4 Å². The number of hydrogen-bond acceptors (Lipinski definition) is 4. The molecule has 8 heteroatoms. The molecule has 4 nitrogen and oxygen atoms in total. The smallest absolute Gasteiger partial charge is 0.264 e. The first kappa shape index (κ1) is 18.1. The predicted octanol–water partition coefficient (Wildman–Crippen LogP) is 5.55. The Bertz CT molecular complexity index is 913. The van der Waals surface area contributed by atoms with E-state index in [1.807, 2.05) is 0 Å². The van der Waals surface area contributed by atoms with Gasteiger partial charge in [0.2, 0.25) is 0 Å². The van der Waals surface area contributed by atoms with Gasteiger partial charge in [0, 0.05) is 5.02 Å². The molecule has 2 aromatic carbocycles. The van der Waals surface area contributed by atoms with E-state index < -0.39 is 0 Å². The fourth-order valence-electron chi connectivity index (χ4n) is 2.11. The van der Waals surface area contributed by atoms with Crippen molar-refractivity contribution in [2.45, 2.75) is 0 Å². The van der Waals surface area contributed by atoms with Crippen LogP contribution >= 0.6 is 46.6 Å². The lowest BCUT2D eigenvalue weighted by atomic mass is 10.2. The zero-order valence-corrected chi connectivity index (χ0v) is 15.9. The van der Waals surface area contributed by atoms with E-state index in [9.17, 15) is 4.79 Å². The highest BCUT2D eigenvalue weighted by Crippen LogP contribution is 2.35. The standard InChI is InChI=1S/C17H11Cl3N2O2S/c1-24-13-6-5-10(18)8-12(13)21-17-22-16(23)14(25-17)7-9-3-2-4-11(19)15(9)20/h2-8H,1H3,(H,21,22,23)/b14-7-. The van der Waals surface area contributed by atoms with E-state index in [4.69, 9.17) is 39.5 Å². The van der Waals surface area contributed by atoms with Crippen molar-refractivity contribution in [3.63, 3.8) is 0 Å². The Kier molecular flexibility index (Phi) is 5.59. The van der Waals surface area contributed by atoms with Crippen molar-refractivity contribution in [2.75, 3.05) is 7.11 Å². The molecular formula is C17H11Cl3N2O2S. The highest BCUT2D eigenvalue weighted by atomic mass is 35.5. The lowest BCUT2D eigenvalue weighted by Gasteiger charge is -2.05. The van der Waals surface area contributed by atoms with Crippen LogP contribution in [-0.2, 0) is 4.79 Å². The molecule has 0 bridgehead atoms. The second-order valence-electron chi connectivity index (χ2n) is 4.94. The molecule has 0 radical (unpaired) electrons. The van der Waals surface area contributed by atoms with E-state index in [2.05, 4.69) is 10.3 Å². The normalized spacial score (nSPS) is 17.2. The van der Waals surface area contributed by atoms with Gasteiger partial charge in [-0.2, -0.15) is 0 Å². The number of aliphatic imine (C=N–C) groups is 1. The summed E-state index contributed by atoms with van der Waals surface area (Å²) in [6.07, 6.45) is 1.67. The van der Waals surface area contributed by atoms with E-state index in [1.165, 1.54) is 11.8 Å². The van der Waals surface area contributed by atoms with Crippen LogP contribution in [0, 0.1) is 0 Å². The summed E-state index contributed by atoms with van der Waals surface area (Å²) in [6.45, 7) is 0. The van der Waals surface area contributed by atoms with Gasteiger partial charge >= 0.3 is 0 Å². The van der Waals surface area contributed by atoms with Crippen LogP contribution in [0.1, 0.15) is 5.56 Å². The fourth-order valence-corrected chi connectivity index (χ4v) is 3.47. The van der Waals surface area contributed by atoms with Gasteiger partial charge in [-0.3, -0.25) is 4.79 Å². The summed E-state index contributed by atoms with van der Waals surface area (Å²) in [5.41, 5.74) is 1.19. The summed E-state index contributed by atoms with van der Waals surface area (Å²) in [4.78, 5) is 17.1. The third kappa shape index (κ3) is 4.12. The number of halogens is 3. The van der Waals surface area contributed by atoms with Crippen LogP contribution in [0.2, 0.25) is 15.1 Å². The molecule has 1 aliphatic rings. The molecule has 128 valence electrons. The zero-order chi connectivity index (χ0) is 18.0. The van der Waals surface area contributed by atoms with Gasteiger partial charge in [-0.25, -0.2) is 4.99 Å². The van der Waals surface area contributed by atoms with Crippen LogP contribution in [0.4, 0.5) is 5.69 Å². The summed E-state index contributed by atoms with van der Waals surface area (Å²) in [5, 5.41) is 4.48. The third-order valence-electron chi connectivity index (χ3n) is 3.28. The second-order valence-corrected chi connectivity index (χ2v) is 7.19. The van der Waals surface area contributed by atoms with Crippen molar-refractivity contribution in [3.05, 3.63) is 61.9 Å². The topological polar surface area (TPSA) is 50.7 Å². The van der Waals surface area contributed by atoms with Gasteiger partial charge in [-0.05, 0) is 47.7 Å². The van der Waals surface area contributed by atoms with Gasteiger partial charge in [0.05, 0.1) is 22.1 Å². The van der Waals surface area contributed by atoms with E-state index >= 15 is 0 Å². The van der Waals surface area contributed by atoms with Gasteiger partial charge in [0.15, 0.2) is 5.17 Å². The molecule has 0 aliphatic carbocycles. The molecule has 1 heterocycles. The highest BCUT2D eigenvalue weighted by Gasteiger charge is 2.24. The maximum atomic E-state index is 12.2. The van der Waals surface area contributed by atoms with Crippen LogP contribution in [0.15, 0.2) is 46.3 Å². The van der Waals surface area contributed by atoms with E-state index in [-0.39, 0.29) is 5.91 Å². The molecule has 25 heavy (non-hydrogen) atoms. The van der Waals surface area contributed by atoms with Crippen LogP contribution in [0.25, 0.3) is 6.08 Å². The van der Waals surface area contributed by atoms with Crippen molar-refractivity contribution in [1.29, 1.82) is 0 Å². The minimum Gasteiger partial charge on any atom is -0.494 e. The molecule has 1 N–H and O–H groups in total. The monoisotopic (exact) mass is 412 g/mol. The van der Waals surface area contributed by atoms with Gasteiger partial charge in [-0.1, -0.05) is 46.9 Å². The number of carbonyl (C=O) groups is 1. The Balaban J connectivity index is 1.91. The average molecular weight is 414 g/mol. The van der Waals surface area contributed by atoms with Crippen LogP contribution < -0.4 is 10.1 Å². The summed E-state index contributed by atoms with van der Waals surface area (Å²) < 4.78 is 5.25. The number of ether oxygens (including phenoxy) is 1. The SMILES string of the molecule is COc1ccc(Cl)cc1N=C1NC(=O)/C(=C/c2cccc(Cl)c2Cl)S1. The summed E-state index contributed by atoms with van der Waals surface area (Å²) in [5.74, 6) is 0.294. The first-order chi connectivity index (χ1) is 12.0. The second kappa shape index (κ2) is 7.70. The molecule has 0 aromatic heterocycles. The number of amidine groups is 1. The molecule has 1 saturated heterocycles. The van der Waals surface area contributed by atoms with Crippen molar-refractivity contribution in [2.24, 2.45) is 4.99 Å². The molecule has 0 atom stereocenters. The number of thioether (sulfide) groups is 1. The summed E-state index contributed by atoms with van der Waals surface area (Å²) in [7, 11) is 1.54. The molecule has 1 aliphatic heterocycles. The average Bonchev–Trinajstić information content (AvgIpc) is 2.91. The van der Waals surface area contributed by atoms with E-state index in [0.717, 1.165) is 0 Å². The van der Waals surface area contributed by atoms with Crippen LogP contribution in [-0.4, -0.2) is 18.2 Å². The predicted molar refractivity (Wildman–Crippen MR) is 105 cm³/mol. The minimum absolute atomic E-state index is 0.263. The quantitative estimate of drug-likeness (QED) is 0.671. The Morgan fingerprint density at radius 1 is 1.20 bits per heavy atom. The van der Waals surface area contributed by atoms with Gasteiger partial charge in [-0.15, -0.1) is 0 Å². The zero-order valence-electron chi connectivity index (χ0n) is 12.8.